The van der Waals surface area contributed by atoms with E-state index in [4.69, 9.17) is 14.2 Å². The highest BCUT2D eigenvalue weighted by Crippen LogP contribution is 2.38. The summed E-state index contributed by atoms with van der Waals surface area (Å²) in [6, 6.07) is 9.66. The van der Waals surface area contributed by atoms with Crippen LogP contribution in [0.25, 0.3) is 0 Å². The van der Waals surface area contributed by atoms with Crippen molar-refractivity contribution < 1.29 is 23.4 Å². The number of rotatable bonds is 9. The molecule has 2 rings (SSSR count). The topological polar surface area (TPSA) is 60.0 Å². The second kappa shape index (κ2) is 9.66. The predicted octanol–water partition coefficient (Wildman–Crippen LogP) is 2.99. The molecule has 0 radical (unpaired) electrons. The number of methoxy groups -OCH3 is 3. The number of likely N-dealkylation sites (N-methyl/N-ethyl adjacent to an activating group) is 1. The summed E-state index contributed by atoms with van der Waals surface area (Å²) in [5, 5.41) is 2.88. The molecule has 7 heteroatoms. The van der Waals surface area contributed by atoms with E-state index in [1.54, 1.807) is 38.5 Å². The van der Waals surface area contributed by atoms with Crippen LogP contribution in [0.5, 0.6) is 17.2 Å². The van der Waals surface area contributed by atoms with Crippen molar-refractivity contribution in [1.82, 2.24) is 5.32 Å². The number of carbonyl (C=O) groups is 1. The zero-order valence-corrected chi connectivity index (χ0v) is 16.0. The van der Waals surface area contributed by atoms with Crippen molar-refractivity contribution in [2.24, 2.45) is 0 Å². The quantitative estimate of drug-likeness (QED) is 0.729. The SMILES string of the molecule is CCN(CC(=O)NCc1cc(OC)c(OC)c(OC)c1)c1ccc(F)cc1. The summed E-state index contributed by atoms with van der Waals surface area (Å²) in [4.78, 5) is 14.2. The minimum atomic E-state index is -0.304. The maximum atomic E-state index is 13.1. The Labute approximate surface area is 158 Å². The second-order valence-electron chi connectivity index (χ2n) is 5.80. The molecule has 146 valence electrons. The smallest absolute Gasteiger partial charge is 0.239 e. The Hall–Kier alpha value is -2.96. The third-order valence-electron chi connectivity index (χ3n) is 4.12. The summed E-state index contributed by atoms with van der Waals surface area (Å²) in [6.45, 7) is 3.06. The van der Waals surface area contributed by atoms with Crippen molar-refractivity contribution >= 4 is 11.6 Å². The Kier molecular flexibility index (Phi) is 7.28. The molecular formula is C20H25FN2O4. The molecule has 0 atom stereocenters. The van der Waals surface area contributed by atoms with Crippen LogP contribution < -0.4 is 24.4 Å². The van der Waals surface area contributed by atoms with Crippen LogP contribution in [0.3, 0.4) is 0 Å². The van der Waals surface area contributed by atoms with Crippen molar-refractivity contribution in [3.05, 3.63) is 47.8 Å². The fourth-order valence-electron chi connectivity index (χ4n) is 2.70. The van der Waals surface area contributed by atoms with Gasteiger partial charge < -0.3 is 24.4 Å². The Morgan fingerprint density at radius 2 is 1.63 bits per heavy atom. The molecular weight excluding hydrogens is 351 g/mol. The summed E-state index contributed by atoms with van der Waals surface area (Å²) in [7, 11) is 4.62. The van der Waals surface area contributed by atoms with Crippen LogP contribution in [0.4, 0.5) is 10.1 Å². The average Bonchev–Trinajstić information content (AvgIpc) is 2.70. The number of nitrogens with one attached hydrogen (secondary N) is 1. The lowest BCUT2D eigenvalue weighted by Crippen LogP contribution is -2.37. The van der Waals surface area contributed by atoms with Crippen molar-refractivity contribution in [3.8, 4) is 17.2 Å². The molecule has 0 aliphatic heterocycles. The minimum Gasteiger partial charge on any atom is -0.493 e. The van der Waals surface area contributed by atoms with Gasteiger partial charge in [-0.15, -0.1) is 0 Å². The maximum Gasteiger partial charge on any atom is 0.239 e. The van der Waals surface area contributed by atoms with E-state index in [-0.39, 0.29) is 18.3 Å². The van der Waals surface area contributed by atoms with Crippen LogP contribution in [0.1, 0.15) is 12.5 Å². The van der Waals surface area contributed by atoms with Crippen molar-refractivity contribution in [2.75, 3.05) is 39.3 Å². The highest BCUT2D eigenvalue weighted by Gasteiger charge is 2.14. The lowest BCUT2D eigenvalue weighted by molar-refractivity contribution is -0.119. The third-order valence-corrected chi connectivity index (χ3v) is 4.12. The molecule has 2 aromatic carbocycles. The lowest BCUT2D eigenvalue weighted by Gasteiger charge is -2.22. The van der Waals surface area contributed by atoms with Crippen molar-refractivity contribution in [1.29, 1.82) is 0 Å². The fraction of sp³-hybridized carbons (Fsp3) is 0.350. The largest absolute Gasteiger partial charge is 0.493 e. The molecule has 2 aromatic rings. The zero-order valence-electron chi connectivity index (χ0n) is 16.0. The summed E-state index contributed by atoms with van der Waals surface area (Å²) >= 11 is 0. The van der Waals surface area contributed by atoms with Gasteiger partial charge >= 0.3 is 0 Å². The molecule has 0 heterocycles. The van der Waals surface area contributed by atoms with E-state index in [0.29, 0.717) is 30.3 Å². The first-order chi connectivity index (χ1) is 13.0. The van der Waals surface area contributed by atoms with Crippen LogP contribution >= 0.6 is 0 Å². The van der Waals surface area contributed by atoms with Gasteiger partial charge in [0, 0.05) is 18.8 Å². The number of hydrogen-bond donors (Lipinski definition) is 1. The van der Waals surface area contributed by atoms with E-state index in [0.717, 1.165) is 11.3 Å². The molecule has 0 unspecified atom stereocenters. The summed E-state index contributed by atoms with van der Waals surface area (Å²) in [6.07, 6.45) is 0. The Morgan fingerprint density at radius 1 is 1.04 bits per heavy atom. The lowest BCUT2D eigenvalue weighted by atomic mass is 10.1. The van der Waals surface area contributed by atoms with Gasteiger partial charge in [-0.1, -0.05) is 0 Å². The first kappa shape index (κ1) is 20.4. The van der Waals surface area contributed by atoms with E-state index in [1.807, 2.05) is 11.8 Å². The van der Waals surface area contributed by atoms with Gasteiger partial charge in [0.1, 0.15) is 5.82 Å². The van der Waals surface area contributed by atoms with Crippen molar-refractivity contribution in [2.45, 2.75) is 13.5 Å². The maximum absolute atomic E-state index is 13.1. The van der Waals surface area contributed by atoms with Gasteiger partial charge in [-0.25, -0.2) is 4.39 Å². The Balaban J connectivity index is 2.03. The molecule has 1 N–H and O–H groups in total. The van der Waals surface area contributed by atoms with Crippen molar-refractivity contribution in [3.63, 3.8) is 0 Å². The van der Waals surface area contributed by atoms with Gasteiger partial charge in [0.05, 0.1) is 27.9 Å². The van der Waals surface area contributed by atoms with Crippen LogP contribution in [-0.4, -0.2) is 40.3 Å². The first-order valence-electron chi connectivity index (χ1n) is 8.58. The molecule has 27 heavy (non-hydrogen) atoms. The Bertz CT molecular complexity index is 740. The van der Waals surface area contributed by atoms with Gasteiger partial charge in [0.25, 0.3) is 0 Å². The molecule has 0 spiro atoms. The van der Waals surface area contributed by atoms with Crippen LogP contribution in [0.2, 0.25) is 0 Å². The average molecular weight is 376 g/mol. The number of carbonyl (C=O) groups excluding carboxylic acids is 1. The van der Waals surface area contributed by atoms with Crippen LogP contribution in [-0.2, 0) is 11.3 Å². The number of anilines is 1. The summed E-state index contributed by atoms with van der Waals surface area (Å²) < 4.78 is 29.0. The molecule has 0 fully saturated rings. The van der Waals surface area contributed by atoms with Gasteiger partial charge in [-0.3, -0.25) is 4.79 Å². The number of hydrogen-bond acceptors (Lipinski definition) is 5. The number of halogens is 1. The van der Waals surface area contributed by atoms with Crippen LogP contribution in [0.15, 0.2) is 36.4 Å². The zero-order chi connectivity index (χ0) is 19.8. The number of amides is 1. The third kappa shape index (κ3) is 5.26. The molecule has 6 nitrogen and oxygen atoms in total. The molecule has 0 aromatic heterocycles. The molecule has 0 aliphatic carbocycles. The molecule has 0 aliphatic rings. The number of nitrogens with zero attached hydrogens (tertiary/aromatic N) is 1. The minimum absolute atomic E-state index is 0.144. The highest BCUT2D eigenvalue weighted by molar-refractivity contribution is 5.81. The van der Waals surface area contributed by atoms with E-state index < -0.39 is 0 Å². The molecule has 0 saturated heterocycles. The van der Waals surface area contributed by atoms with Crippen LogP contribution in [0, 0.1) is 5.82 Å². The first-order valence-corrected chi connectivity index (χ1v) is 8.58. The second-order valence-corrected chi connectivity index (χ2v) is 5.80. The van der Waals surface area contributed by atoms with Gasteiger partial charge in [0.2, 0.25) is 11.7 Å². The summed E-state index contributed by atoms with van der Waals surface area (Å²) in [5.41, 5.74) is 1.62. The van der Waals surface area contributed by atoms with E-state index in [1.165, 1.54) is 19.2 Å². The summed E-state index contributed by atoms with van der Waals surface area (Å²) in [5.74, 6) is 1.12. The Morgan fingerprint density at radius 3 is 2.11 bits per heavy atom. The molecule has 1 amide bonds. The van der Waals surface area contributed by atoms with E-state index >= 15 is 0 Å². The normalized spacial score (nSPS) is 10.3. The fourth-order valence-corrected chi connectivity index (χ4v) is 2.70. The van der Waals surface area contributed by atoms with E-state index in [2.05, 4.69) is 5.32 Å². The standard InChI is InChI=1S/C20H25FN2O4/c1-5-23(16-8-6-15(21)7-9-16)13-19(24)22-12-14-10-17(25-2)20(27-4)18(11-14)26-3/h6-11H,5,12-13H2,1-4H3,(H,22,24). The molecule has 0 bridgehead atoms. The van der Waals surface area contributed by atoms with E-state index in [9.17, 15) is 9.18 Å². The number of benzene rings is 2. The molecule has 0 saturated carbocycles. The monoisotopic (exact) mass is 376 g/mol. The predicted molar refractivity (Wildman–Crippen MR) is 102 cm³/mol. The number of ether oxygens (including phenoxy) is 3. The highest BCUT2D eigenvalue weighted by atomic mass is 19.1. The van der Waals surface area contributed by atoms with Gasteiger partial charge in [-0.2, -0.15) is 0 Å². The van der Waals surface area contributed by atoms with Gasteiger partial charge in [-0.05, 0) is 48.9 Å². The van der Waals surface area contributed by atoms with Gasteiger partial charge in [0.15, 0.2) is 11.5 Å².